The number of pyridine rings is 1. The number of amides is 1. The fraction of sp³-hybridized carbons (Fsp3) is 0.538. The highest BCUT2D eigenvalue weighted by Crippen LogP contribution is 2.24. The van der Waals surface area contributed by atoms with Gasteiger partial charge in [-0.1, -0.05) is 18.9 Å². The van der Waals surface area contributed by atoms with Crippen molar-refractivity contribution in [3.05, 3.63) is 30.1 Å². The number of carbonyl (C=O) groups is 1. The topological polar surface area (TPSA) is 62.2 Å². The van der Waals surface area contributed by atoms with Crippen LogP contribution in [0.3, 0.4) is 0 Å². The van der Waals surface area contributed by atoms with Crippen LogP contribution in [-0.4, -0.2) is 28.6 Å². The van der Waals surface area contributed by atoms with Gasteiger partial charge in [0, 0.05) is 24.8 Å². The van der Waals surface area contributed by atoms with Gasteiger partial charge in [0.15, 0.2) is 0 Å². The smallest absolute Gasteiger partial charge is 0.270 e. The Morgan fingerprint density at radius 2 is 2.24 bits per heavy atom. The minimum Gasteiger partial charge on any atom is -0.396 e. The van der Waals surface area contributed by atoms with E-state index in [9.17, 15) is 9.90 Å². The Hall–Kier alpha value is -1.42. The largest absolute Gasteiger partial charge is 0.396 e. The van der Waals surface area contributed by atoms with Crippen molar-refractivity contribution in [3.8, 4) is 0 Å². The molecule has 1 aliphatic rings. The first-order valence-corrected chi connectivity index (χ1v) is 6.14. The molecule has 0 radical (unpaired) electrons. The summed E-state index contributed by atoms with van der Waals surface area (Å²) in [5, 5.41) is 12.3. The van der Waals surface area contributed by atoms with Crippen LogP contribution in [0.1, 0.15) is 36.2 Å². The average molecular weight is 234 g/mol. The number of hydrogen-bond donors (Lipinski definition) is 2. The number of nitrogens with zero attached hydrogens (tertiary/aromatic N) is 1. The van der Waals surface area contributed by atoms with Crippen molar-refractivity contribution in [2.75, 3.05) is 6.61 Å². The van der Waals surface area contributed by atoms with E-state index < -0.39 is 0 Å². The van der Waals surface area contributed by atoms with Crippen molar-refractivity contribution in [2.24, 2.45) is 5.92 Å². The number of aliphatic hydroxyl groups is 1. The zero-order chi connectivity index (χ0) is 12.1. The predicted octanol–water partition coefficient (Wildman–Crippen LogP) is 1.36. The molecule has 1 aromatic rings. The number of carbonyl (C=O) groups excluding carboxylic acids is 1. The fourth-order valence-electron chi connectivity index (χ4n) is 2.36. The second kappa shape index (κ2) is 5.77. The first-order chi connectivity index (χ1) is 8.31. The van der Waals surface area contributed by atoms with E-state index in [1.165, 1.54) is 0 Å². The molecule has 92 valence electrons. The molecule has 2 N–H and O–H groups in total. The van der Waals surface area contributed by atoms with Crippen LogP contribution in [0.5, 0.6) is 0 Å². The lowest BCUT2D eigenvalue weighted by molar-refractivity contribution is 0.0867. The van der Waals surface area contributed by atoms with Gasteiger partial charge in [-0.25, -0.2) is 0 Å². The van der Waals surface area contributed by atoms with Crippen molar-refractivity contribution in [1.29, 1.82) is 0 Å². The van der Waals surface area contributed by atoms with Crippen LogP contribution in [0.4, 0.5) is 0 Å². The van der Waals surface area contributed by atoms with Gasteiger partial charge in [-0.2, -0.15) is 0 Å². The average Bonchev–Trinajstić information content (AvgIpc) is 2.40. The molecule has 1 fully saturated rings. The van der Waals surface area contributed by atoms with Gasteiger partial charge in [0.1, 0.15) is 5.69 Å². The maximum Gasteiger partial charge on any atom is 0.270 e. The lowest BCUT2D eigenvalue weighted by atomic mass is 9.85. The van der Waals surface area contributed by atoms with Crippen molar-refractivity contribution < 1.29 is 9.90 Å². The Bertz CT molecular complexity index is 367. The summed E-state index contributed by atoms with van der Waals surface area (Å²) < 4.78 is 0. The zero-order valence-electron chi connectivity index (χ0n) is 9.80. The maximum atomic E-state index is 11.9. The van der Waals surface area contributed by atoms with Gasteiger partial charge in [-0.3, -0.25) is 9.78 Å². The minimum atomic E-state index is -0.143. The number of aliphatic hydroxyl groups excluding tert-OH is 1. The lowest BCUT2D eigenvalue weighted by Crippen LogP contribution is -2.43. The Morgan fingerprint density at radius 3 is 2.94 bits per heavy atom. The van der Waals surface area contributed by atoms with Gasteiger partial charge in [-0.05, 0) is 25.0 Å². The van der Waals surface area contributed by atoms with Gasteiger partial charge in [0.2, 0.25) is 0 Å². The van der Waals surface area contributed by atoms with E-state index in [4.69, 9.17) is 0 Å². The van der Waals surface area contributed by atoms with Crippen LogP contribution in [-0.2, 0) is 0 Å². The van der Waals surface area contributed by atoms with E-state index in [1.54, 1.807) is 24.4 Å². The minimum absolute atomic E-state index is 0.0863. The summed E-state index contributed by atoms with van der Waals surface area (Å²) in [5.74, 6) is 0.0485. The van der Waals surface area contributed by atoms with Gasteiger partial charge in [0.05, 0.1) is 0 Å². The van der Waals surface area contributed by atoms with E-state index in [2.05, 4.69) is 10.3 Å². The van der Waals surface area contributed by atoms with E-state index in [-0.39, 0.29) is 24.5 Å². The third-order valence-electron chi connectivity index (χ3n) is 3.36. The molecule has 1 aliphatic carbocycles. The summed E-state index contributed by atoms with van der Waals surface area (Å²) in [6.07, 6.45) is 5.80. The molecular weight excluding hydrogens is 216 g/mol. The molecule has 0 unspecified atom stereocenters. The summed E-state index contributed by atoms with van der Waals surface area (Å²) in [4.78, 5) is 15.9. The Kier molecular flexibility index (Phi) is 4.09. The summed E-state index contributed by atoms with van der Waals surface area (Å²) in [6.45, 7) is 0.146. The van der Waals surface area contributed by atoms with Crippen molar-refractivity contribution >= 4 is 5.91 Å². The first kappa shape index (κ1) is 12.0. The molecule has 4 nitrogen and oxygen atoms in total. The number of aromatic nitrogens is 1. The third kappa shape index (κ3) is 3.03. The van der Waals surface area contributed by atoms with Crippen LogP contribution >= 0.6 is 0 Å². The fourth-order valence-corrected chi connectivity index (χ4v) is 2.36. The van der Waals surface area contributed by atoms with Crippen molar-refractivity contribution in [2.45, 2.75) is 31.7 Å². The van der Waals surface area contributed by atoms with E-state index in [1.807, 2.05) is 0 Å². The van der Waals surface area contributed by atoms with Crippen LogP contribution in [0, 0.1) is 5.92 Å². The quantitative estimate of drug-likeness (QED) is 0.830. The molecular formula is C13H18N2O2. The second-order valence-electron chi connectivity index (χ2n) is 4.52. The summed E-state index contributed by atoms with van der Waals surface area (Å²) in [7, 11) is 0. The summed E-state index contributed by atoms with van der Waals surface area (Å²) in [6, 6.07) is 5.37. The molecule has 1 heterocycles. The van der Waals surface area contributed by atoms with E-state index in [0.29, 0.717) is 5.69 Å². The highest BCUT2D eigenvalue weighted by Gasteiger charge is 2.26. The summed E-state index contributed by atoms with van der Waals surface area (Å²) in [5.41, 5.74) is 0.440. The van der Waals surface area contributed by atoms with E-state index >= 15 is 0 Å². The first-order valence-electron chi connectivity index (χ1n) is 6.14. The monoisotopic (exact) mass is 234 g/mol. The maximum absolute atomic E-state index is 11.9. The lowest BCUT2D eigenvalue weighted by Gasteiger charge is -2.30. The third-order valence-corrected chi connectivity index (χ3v) is 3.36. The summed E-state index contributed by atoms with van der Waals surface area (Å²) >= 11 is 0. The molecule has 2 rings (SSSR count). The Balaban J connectivity index is 1.98. The van der Waals surface area contributed by atoms with Crippen molar-refractivity contribution in [3.63, 3.8) is 0 Å². The molecule has 1 aromatic heterocycles. The Morgan fingerprint density at radius 1 is 1.41 bits per heavy atom. The number of hydrogen-bond acceptors (Lipinski definition) is 3. The molecule has 0 saturated heterocycles. The second-order valence-corrected chi connectivity index (χ2v) is 4.52. The highest BCUT2D eigenvalue weighted by molar-refractivity contribution is 5.92. The van der Waals surface area contributed by atoms with E-state index in [0.717, 1.165) is 25.7 Å². The van der Waals surface area contributed by atoms with Crippen LogP contribution in [0.25, 0.3) is 0 Å². The zero-order valence-corrected chi connectivity index (χ0v) is 9.80. The number of rotatable bonds is 3. The molecule has 0 spiro atoms. The highest BCUT2D eigenvalue weighted by atomic mass is 16.3. The number of nitrogens with one attached hydrogen (secondary N) is 1. The van der Waals surface area contributed by atoms with Crippen LogP contribution < -0.4 is 5.32 Å². The molecule has 0 aromatic carbocycles. The molecule has 0 bridgehead atoms. The van der Waals surface area contributed by atoms with Crippen LogP contribution in [0.15, 0.2) is 24.4 Å². The predicted molar refractivity (Wildman–Crippen MR) is 64.5 cm³/mol. The van der Waals surface area contributed by atoms with Crippen LogP contribution in [0.2, 0.25) is 0 Å². The normalized spacial score (nSPS) is 24.3. The van der Waals surface area contributed by atoms with Gasteiger partial charge in [0.25, 0.3) is 5.91 Å². The SMILES string of the molecule is O=C(N[C@@H]1CCCC[C@H]1CO)c1ccccn1. The molecule has 1 amide bonds. The molecule has 1 saturated carbocycles. The standard InChI is InChI=1S/C13H18N2O2/c16-9-10-5-1-2-6-11(10)15-13(17)12-7-3-4-8-14-12/h3-4,7-8,10-11,16H,1-2,5-6,9H2,(H,15,17)/t10-,11+/m0/s1. The molecule has 4 heteroatoms. The molecule has 17 heavy (non-hydrogen) atoms. The van der Waals surface area contributed by atoms with Gasteiger partial charge >= 0.3 is 0 Å². The van der Waals surface area contributed by atoms with Gasteiger partial charge in [-0.15, -0.1) is 0 Å². The van der Waals surface area contributed by atoms with Crippen molar-refractivity contribution in [1.82, 2.24) is 10.3 Å². The molecule has 0 aliphatic heterocycles. The van der Waals surface area contributed by atoms with Gasteiger partial charge < -0.3 is 10.4 Å². The Labute approximate surface area is 101 Å². The molecule has 2 atom stereocenters.